The van der Waals surface area contributed by atoms with Crippen molar-refractivity contribution in [2.75, 3.05) is 32.7 Å². The number of benzene rings is 2. The van der Waals surface area contributed by atoms with E-state index in [9.17, 15) is 14.3 Å². The van der Waals surface area contributed by atoms with Crippen LogP contribution in [0.4, 0.5) is 4.39 Å². The van der Waals surface area contributed by atoms with E-state index in [0.29, 0.717) is 12.6 Å². The minimum atomic E-state index is -0.772. The van der Waals surface area contributed by atoms with Crippen molar-refractivity contribution >= 4 is 5.97 Å². The Hall–Kier alpha value is -3.03. The number of rotatable bonds is 9. The summed E-state index contributed by atoms with van der Waals surface area (Å²) in [5.74, 6) is -0.604. The molecule has 2 aliphatic heterocycles. The van der Waals surface area contributed by atoms with Crippen LogP contribution < -0.4 is 0 Å². The number of carboxylic acids is 1. The zero-order valence-electron chi connectivity index (χ0n) is 22.4. The Morgan fingerprint density at radius 1 is 1.08 bits per heavy atom. The average molecular weight is 519 g/mol. The van der Waals surface area contributed by atoms with Crippen LogP contribution in [-0.4, -0.2) is 69.2 Å². The van der Waals surface area contributed by atoms with Crippen LogP contribution in [0.2, 0.25) is 0 Å². The van der Waals surface area contributed by atoms with Gasteiger partial charge in [0.2, 0.25) is 0 Å². The summed E-state index contributed by atoms with van der Waals surface area (Å²) in [6.45, 7) is 8.20. The Bertz CT molecular complexity index is 1210. The van der Waals surface area contributed by atoms with Crippen molar-refractivity contribution in [2.24, 2.45) is 11.8 Å². The Labute approximate surface area is 225 Å². The van der Waals surface area contributed by atoms with Crippen molar-refractivity contribution in [3.8, 4) is 0 Å². The van der Waals surface area contributed by atoms with E-state index in [1.165, 1.54) is 11.6 Å². The molecule has 3 atom stereocenters. The molecule has 38 heavy (non-hydrogen) atoms. The molecule has 6 nitrogen and oxygen atoms in total. The molecule has 2 aliphatic rings. The second-order valence-electron chi connectivity index (χ2n) is 11.4. The molecule has 0 aliphatic carbocycles. The number of hydrogen-bond donors (Lipinski definition) is 1. The number of likely N-dealkylation sites (tertiary alicyclic amines) is 2. The lowest BCUT2D eigenvalue weighted by molar-refractivity contribution is -0.144. The highest BCUT2D eigenvalue weighted by atomic mass is 19.1. The van der Waals surface area contributed by atoms with E-state index in [-0.39, 0.29) is 23.6 Å². The van der Waals surface area contributed by atoms with Gasteiger partial charge in [0.25, 0.3) is 0 Å². The molecule has 0 saturated carbocycles. The van der Waals surface area contributed by atoms with Gasteiger partial charge in [-0.25, -0.2) is 9.37 Å². The first kappa shape index (κ1) is 26.6. The van der Waals surface area contributed by atoms with Gasteiger partial charge in [0.05, 0.1) is 12.0 Å². The van der Waals surface area contributed by atoms with Crippen LogP contribution in [0, 0.1) is 17.7 Å². The molecule has 3 unspecified atom stereocenters. The highest BCUT2D eigenvalue weighted by Crippen LogP contribution is 2.36. The molecule has 3 heterocycles. The Morgan fingerprint density at radius 3 is 2.53 bits per heavy atom. The lowest BCUT2D eigenvalue weighted by Gasteiger charge is -2.35. The maximum absolute atomic E-state index is 14.1. The zero-order valence-corrected chi connectivity index (χ0v) is 22.4. The summed E-state index contributed by atoms with van der Waals surface area (Å²) in [4.78, 5) is 21.4. The van der Waals surface area contributed by atoms with Crippen molar-refractivity contribution in [2.45, 2.75) is 51.1 Å². The van der Waals surface area contributed by atoms with Gasteiger partial charge in [-0.2, -0.15) is 0 Å². The number of aromatic nitrogens is 2. The largest absolute Gasteiger partial charge is 0.480 e. The van der Waals surface area contributed by atoms with E-state index in [0.717, 1.165) is 56.7 Å². The Kier molecular flexibility index (Phi) is 8.24. The maximum atomic E-state index is 14.1. The van der Waals surface area contributed by atoms with Gasteiger partial charge in [0.1, 0.15) is 11.9 Å². The van der Waals surface area contributed by atoms with E-state index in [1.54, 1.807) is 12.1 Å². The number of aliphatic carboxylic acids is 1. The smallest absolute Gasteiger partial charge is 0.321 e. The number of carboxylic acid groups (broad SMARTS) is 1. The van der Waals surface area contributed by atoms with Gasteiger partial charge in [0.15, 0.2) is 0 Å². The van der Waals surface area contributed by atoms with Gasteiger partial charge in [-0.3, -0.25) is 9.69 Å². The third-order valence-electron chi connectivity index (χ3n) is 8.38. The lowest BCUT2D eigenvalue weighted by Crippen LogP contribution is -2.44. The number of halogens is 1. The normalized spacial score (nSPS) is 22.2. The van der Waals surface area contributed by atoms with Crippen LogP contribution in [0.3, 0.4) is 0 Å². The van der Waals surface area contributed by atoms with E-state index >= 15 is 0 Å². The van der Waals surface area contributed by atoms with Crippen molar-refractivity contribution in [3.05, 3.63) is 89.8 Å². The molecule has 2 saturated heterocycles. The molecule has 0 radical (unpaired) electrons. The predicted octanol–water partition coefficient (Wildman–Crippen LogP) is 5.07. The van der Waals surface area contributed by atoms with Gasteiger partial charge in [-0.05, 0) is 47.9 Å². The minimum absolute atomic E-state index is 0.0112. The maximum Gasteiger partial charge on any atom is 0.321 e. The fourth-order valence-corrected chi connectivity index (χ4v) is 6.50. The van der Waals surface area contributed by atoms with E-state index in [1.807, 2.05) is 32.3 Å². The number of carbonyl (C=O) groups is 1. The van der Waals surface area contributed by atoms with Crippen molar-refractivity contribution in [1.82, 2.24) is 19.4 Å². The average Bonchev–Trinajstić information content (AvgIpc) is 3.52. The lowest BCUT2D eigenvalue weighted by atomic mass is 9.88. The van der Waals surface area contributed by atoms with Crippen LogP contribution in [0.1, 0.15) is 55.5 Å². The van der Waals surface area contributed by atoms with Crippen molar-refractivity contribution in [1.29, 1.82) is 0 Å². The molecule has 1 aromatic heterocycles. The molecule has 7 heteroatoms. The van der Waals surface area contributed by atoms with Gasteiger partial charge in [-0.1, -0.05) is 56.3 Å². The van der Waals surface area contributed by atoms with Crippen LogP contribution in [0.15, 0.2) is 67.1 Å². The molecule has 202 valence electrons. The van der Waals surface area contributed by atoms with Crippen LogP contribution in [-0.2, 0) is 11.2 Å². The summed E-state index contributed by atoms with van der Waals surface area (Å²) in [5.41, 5.74) is 3.35. The predicted molar refractivity (Wildman–Crippen MR) is 147 cm³/mol. The molecular weight excluding hydrogens is 479 g/mol. The summed E-state index contributed by atoms with van der Waals surface area (Å²) in [7, 11) is 0. The Balaban J connectivity index is 1.22. The van der Waals surface area contributed by atoms with Gasteiger partial charge < -0.3 is 14.6 Å². The van der Waals surface area contributed by atoms with Crippen molar-refractivity contribution in [3.63, 3.8) is 0 Å². The van der Waals surface area contributed by atoms with Crippen LogP contribution >= 0.6 is 0 Å². The number of nitrogens with zero attached hydrogens (tertiary/aromatic N) is 4. The second-order valence-corrected chi connectivity index (χ2v) is 11.4. The topological polar surface area (TPSA) is 61.6 Å². The fraction of sp³-hybridized carbons (Fsp3) is 0.484. The quantitative estimate of drug-likeness (QED) is 0.428. The van der Waals surface area contributed by atoms with E-state index in [2.05, 4.69) is 49.8 Å². The molecular formula is C31H39FN4O2. The summed E-state index contributed by atoms with van der Waals surface area (Å²) in [6, 6.07) is 17.2. The van der Waals surface area contributed by atoms with Crippen LogP contribution in [0.25, 0.3) is 0 Å². The third-order valence-corrected chi connectivity index (χ3v) is 8.38. The third kappa shape index (κ3) is 6.16. The molecule has 0 bridgehead atoms. The highest BCUT2D eigenvalue weighted by Gasteiger charge is 2.41. The summed E-state index contributed by atoms with van der Waals surface area (Å²) >= 11 is 0. The number of imidazole rings is 1. The molecule has 1 N–H and O–H groups in total. The van der Waals surface area contributed by atoms with E-state index < -0.39 is 12.0 Å². The number of hydrogen-bond acceptors (Lipinski definition) is 4. The van der Waals surface area contributed by atoms with Crippen molar-refractivity contribution < 1.29 is 14.3 Å². The summed E-state index contributed by atoms with van der Waals surface area (Å²) in [5, 5.41) is 9.91. The SMILES string of the molecule is CC(C)C(C(=O)O)N1CC(CN2CCC(n3cnc(Cc4ccccc4)c3)CC2)C(c2cccc(F)c2)C1. The molecule has 3 aromatic rings. The first-order chi connectivity index (χ1) is 18.4. The van der Waals surface area contributed by atoms with Gasteiger partial charge in [0, 0.05) is 57.3 Å². The zero-order chi connectivity index (χ0) is 26.6. The Morgan fingerprint density at radius 2 is 1.84 bits per heavy atom. The first-order valence-corrected chi connectivity index (χ1v) is 13.9. The standard InChI is InChI=1S/C31H39FN4O2/c1-22(2)30(31(37)38)35-18-25(29(20-35)24-9-6-10-26(32)16-24)17-34-13-11-28(12-14-34)36-19-27(33-21-36)15-23-7-4-3-5-8-23/h3-10,16,19,21-22,25,28-30H,11-15,17-18,20H2,1-2H3,(H,37,38). The van der Waals surface area contributed by atoms with Gasteiger partial charge >= 0.3 is 5.97 Å². The molecule has 2 fully saturated rings. The van der Waals surface area contributed by atoms with Gasteiger partial charge in [-0.15, -0.1) is 0 Å². The monoisotopic (exact) mass is 518 g/mol. The summed E-state index contributed by atoms with van der Waals surface area (Å²) < 4.78 is 16.4. The second kappa shape index (κ2) is 11.8. The first-order valence-electron chi connectivity index (χ1n) is 13.9. The molecule has 0 spiro atoms. The van der Waals surface area contributed by atoms with E-state index in [4.69, 9.17) is 0 Å². The minimum Gasteiger partial charge on any atom is -0.480 e. The highest BCUT2D eigenvalue weighted by molar-refractivity contribution is 5.73. The molecule has 0 amide bonds. The number of piperidine rings is 1. The molecule has 2 aromatic carbocycles. The summed E-state index contributed by atoms with van der Waals surface area (Å²) in [6.07, 6.45) is 7.14. The molecule has 5 rings (SSSR count). The van der Waals surface area contributed by atoms with Crippen LogP contribution in [0.5, 0.6) is 0 Å². The fourth-order valence-electron chi connectivity index (χ4n) is 6.50.